The molecule has 2 rings (SSSR count). The molecule has 2 aromatic rings. The van der Waals surface area contributed by atoms with E-state index in [2.05, 4.69) is 20.7 Å². The number of sulfonamides is 1. The van der Waals surface area contributed by atoms with Gasteiger partial charge in [0.15, 0.2) is 0 Å². The summed E-state index contributed by atoms with van der Waals surface area (Å²) in [6, 6.07) is 9.68. The minimum absolute atomic E-state index is 0.190. The molecule has 5 nitrogen and oxygen atoms in total. The van der Waals surface area contributed by atoms with Gasteiger partial charge in [-0.05, 0) is 42.8 Å². The van der Waals surface area contributed by atoms with Crippen LogP contribution in [0, 0.1) is 6.92 Å². The van der Waals surface area contributed by atoms with Gasteiger partial charge in [-0.25, -0.2) is 8.42 Å². The third-order valence-electron chi connectivity index (χ3n) is 2.85. The van der Waals surface area contributed by atoms with Crippen molar-refractivity contribution in [2.45, 2.75) is 11.8 Å². The Morgan fingerprint density at radius 2 is 1.90 bits per heavy atom. The van der Waals surface area contributed by atoms with Gasteiger partial charge in [-0.15, -0.1) is 0 Å². The molecule has 0 aliphatic carbocycles. The molecule has 0 aliphatic rings. The van der Waals surface area contributed by atoms with E-state index in [9.17, 15) is 8.42 Å². The molecule has 0 saturated carbocycles. The van der Waals surface area contributed by atoms with Gasteiger partial charge in [0.05, 0.1) is 17.7 Å². The lowest BCUT2D eigenvalue weighted by atomic mass is 10.2. The van der Waals surface area contributed by atoms with Gasteiger partial charge in [0, 0.05) is 16.2 Å². The van der Waals surface area contributed by atoms with E-state index in [1.165, 1.54) is 13.2 Å². The van der Waals surface area contributed by atoms with Gasteiger partial charge in [0.2, 0.25) is 0 Å². The highest BCUT2D eigenvalue weighted by Crippen LogP contribution is 2.27. The molecule has 7 heteroatoms. The number of nitrogen functional groups attached to an aromatic ring is 1. The second kappa shape index (κ2) is 5.95. The number of halogens is 1. The summed E-state index contributed by atoms with van der Waals surface area (Å²) in [5, 5.41) is 0. The summed E-state index contributed by atoms with van der Waals surface area (Å²) < 4.78 is 33.2. The van der Waals surface area contributed by atoms with E-state index < -0.39 is 10.0 Å². The Kier molecular flexibility index (Phi) is 4.43. The largest absolute Gasteiger partial charge is 0.497 e. The maximum atomic E-state index is 12.4. The number of anilines is 2. The SMILES string of the molecule is COc1cc(Br)cc(NS(=O)(=O)c2ccc(N)cc2C)c1. The average Bonchev–Trinajstić information content (AvgIpc) is 2.36. The minimum atomic E-state index is -3.68. The van der Waals surface area contributed by atoms with Crippen LogP contribution in [0.2, 0.25) is 0 Å². The zero-order chi connectivity index (χ0) is 15.6. The molecular formula is C14H15BrN2O3S. The van der Waals surface area contributed by atoms with E-state index >= 15 is 0 Å². The van der Waals surface area contributed by atoms with Gasteiger partial charge in [0.25, 0.3) is 10.0 Å². The smallest absolute Gasteiger partial charge is 0.262 e. The number of ether oxygens (including phenoxy) is 1. The van der Waals surface area contributed by atoms with E-state index in [1.54, 1.807) is 37.3 Å². The second-order valence-electron chi connectivity index (χ2n) is 4.51. The standard InChI is InChI=1S/C14H15BrN2O3S/c1-9-5-11(16)3-4-14(9)21(18,19)17-12-6-10(15)7-13(8-12)20-2/h3-8,17H,16H2,1-2H3. The van der Waals surface area contributed by atoms with Crippen molar-refractivity contribution < 1.29 is 13.2 Å². The van der Waals surface area contributed by atoms with Gasteiger partial charge in [0.1, 0.15) is 5.75 Å². The molecule has 0 heterocycles. The van der Waals surface area contributed by atoms with Gasteiger partial charge in [-0.3, -0.25) is 4.72 Å². The van der Waals surface area contributed by atoms with Crippen molar-refractivity contribution in [1.29, 1.82) is 0 Å². The van der Waals surface area contributed by atoms with Crippen LogP contribution in [-0.2, 0) is 10.0 Å². The predicted molar refractivity (Wildman–Crippen MR) is 87.1 cm³/mol. The first-order chi connectivity index (χ1) is 9.81. The van der Waals surface area contributed by atoms with Crippen LogP contribution < -0.4 is 15.2 Å². The van der Waals surface area contributed by atoms with Gasteiger partial charge >= 0.3 is 0 Å². The molecule has 21 heavy (non-hydrogen) atoms. The molecule has 112 valence electrons. The lowest BCUT2D eigenvalue weighted by Gasteiger charge is -2.12. The number of methoxy groups -OCH3 is 1. The van der Waals surface area contributed by atoms with Crippen LogP contribution in [0.1, 0.15) is 5.56 Å². The maximum absolute atomic E-state index is 12.4. The van der Waals surface area contributed by atoms with E-state index in [1.807, 2.05) is 0 Å². The number of rotatable bonds is 4. The molecule has 0 bridgehead atoms. The van der Waals surface area contributed by atoms with Crippen molar-refractivity contribution in [1.82, 2.24) is 0 Å². The monoisotopic (exact) mass is 370 g/mol. The molecule has 0 aliphatic heterocycles. The maximum Gasteiger partial charge on any atom is 0.262 e. The Bertz CT molecular complexity index is 776. The summed E-state index contributed by atoms with van der Waals surface area (Å²) in [5.41, 5.74) is 7.17. The quantitative estimate of drug-likeness (QED) is 0.809. The highest BCUT2D eigenvalue weighted by Gasteiger charge is 2.17. The lowest BCUT2D eigenvalue weighted by molar-refractivity contribution is 0.415. The van der Waals surface area contributed by atoms with Crippen LogP contribution in [0.25, 0.3) is 0 Å². The molecule has 0 aromatic heterocycles. The first kappa shape index (κ1) is 15.7. The van der Waals surface area contributed by atoms with Crippen LogP contribution >= 0.6 is 15.9 Å². The summed E-state index contributed by atoms with van der Waals surface area (Å²) >= 11 is 3.31. The average molecular weight is 371 g/mol. The predicted octanol–water partition coefficient (Wildman–Crippen LogP) is 3.15. The number of aryl methyl sites for hydroxylation is 1. The van der Waals surface area contributed by atoms with E-state index in [-0.39, 0.29) is 4.90 Å². The first-order valence-corrected chi connectivity index (χ1v) is 8.33. The van der Waals surface area contributed by atoms with E-state index in [0.29, 0.717) is 27.2 Å². The number of nitrogens with one attached hydrogen (secondary N) is 1. The third-order valence-corrected chi connectivity index (χ3v) is 4.85. The fourth-order valence-electron chi connectivity index (χ4n) is 1.92. The van der Waals surface area contributed by atoms with Crippen molar-refractivity contribution in [2.75, 3.05) is 17.6 Å². The Hall–Kier alpha value is -1.73. The third kappa shape index (κ3) is 3.68. The summed E-state index contributed by atoms with van der Waals surface area (Å²) in [4.78, 5) is 0.190. The molecule has 3 N–H and O–H groups in total. The summed E-state index contributed by atoms with van der Waals surface area (Å²) in [7, 11) is -2.17. The number of nitrogens with two attached hydrogens (primary N) is 1. The molecule has 0 spiro atoms. The Morgan fingerprint density at radius 3 is 2.52 bits per heavy atom. The number of hydrogen-bond acceptors (Lipinski definition) is 4. The summed E-state index contributed by atoms with van der Waals surface area (Å²) in [5.74, 6) is 0.552. The molecule has 0 unspecified atom stereocenters. The van der Waals surface area contributed by atoms with Crippen LogP contribution in [-0.4, -0.2) is 15.5 Å². The Labute approximate surface area is 132 Å². The fraction of sp³-hybridized carbons (Fsp3) is 0.143. The zero-order valence-corrected chi connectivity index (χ0v) is 14.0. The van der Waals surface area contributed by atoms with Crippen LogP contribution in [0.5, 0.6) is 5.75 Å². The van der Waals surface area contributed by atoms with Crippen molar-refractivity contribution in [2.24, 2.45) is 0 Å². The molecule has 0 atom stereocenters. The number of benzene rings is 2. The van der Waals surface area contributed by atoms with Gasteiger partial charge in [-0.1, -0.05) is 15.9 Å². The van der Waals surface area contributed by atoms with Crippen molar-refractivity contribution in [3.8, 4) is 5.75 Å². The highest BCUT2D eigenvalue weighted by molar-refractivity contribution is 9.10. The van der Waals surface area contributed by atoms with E-state index in [4.69, 9.17) is 10.5 Å². The van der Waals surface area contributed by atoms with Gasteiger partial charge < -0.3 is 10.5 Å². The van der Waals surface area contributed by atoms with Crippen LogP contribution in [0.3, 0.4) is 0 Å². The molecule has 0 fully saturated rings. The Balaban J connectivity index is 2.39. The van der Waals surface area contributed by atoms with Gasteiger partial charge in [-0.2, -0.15) is 0 Å². The van der Waals surface area contributed by atoms with Crippen molar-refractivity contribution >= 4 is 37.3 Å². The normalized spacial score (nSPS) is 11.2. The molecule has 0 radical (unpaired) electrons. The summed E-state index contributed by atoms with van der Waals surface area (Å²) in [6.07, 6.45) is 0. The molecular weight excluding hydrogens is 356 g/mol. The highest BCUT2D eigenvalue weighted by atomic mass is 79.9. The lowest BCUT2D eigenvalue weighted by Crippen LogP contribution is -2.14. The van der Waals surface area contributed by atoms with Crippen molar-refractivity contribution in [3.63, 3.8) is 0 Å². The zero-order valence-electron chi connectivity index (χ0n) is 11.6. The van der Waals surface area contributed by atoms with Crippen molar-refractivity contribution in [3.05, 3.63) is 46.4 Å². The Morgan fingerprint density at radius 1 is 1.19 bits per heavy atom. The molecule has 2 aromatic carbocycles. The molecule has 0 amide bonds. The number of hydrogen-bond donors (Lipinski definition) is 2. The first-order valence-electron chi connectivity index (χ1n) is 6.05. The second-order valence-corrected chi connectivity index (χ2v) is 7.08. The van der Waals surface area contributed by atoms with Crippen LogP contribution in [0.15, 0.2) is 45.8 Å². The summed E-state index contributed by atoms with van der Waals surface area (Å²) in [6.45, 7) is 1.70. The van der Waals surface area contributed by atoms with E-state index in [0.717, 1.165) is 0 Å². The fourth-order valence-corrected chi connectivity index (χ4v) is 3.66. The van der Waals surface area contributed by atoms with Crippen LogP contribution in [0.4, 0.5) is 11.4 Å². The molecule has 0 saturated heterocycles. The topological polar surface area (TPSA) is 81.4 Å². The minimum Gasteiger partial charge on any atom is -0.497 e.